The van der Waals surface area contributed by atoms with E-state index in [2.05, 4.69) is 39.5 Å². The number of rotatable bonds is 10. The van der Waals surface area contributed by atoms with Gasteiger partial charge in [-0.05, 0) is 101 Å². The van der Waals surface area contributed by atoms with E-state index >= 15 is 0 Å². The number of methoxy groups -OCH3 is 1. The van der Waals surface area contributed by atoms with E-state index in [1.165, 1.54) is 11.1 Å². The van der Waals surface area contributed by atoms with Crippen LogP contribution in [0.4, 0.5) is 23.1 Å². The van der Waals surface area contributed by atoms with E-state index in [9.17, 15) is 8.42 Å². The molecule has 0 saturated carbocycles. The molecule has 11 nitrogen and oxygen atoms in total. The number of para-hydroxylation sites is 1. The first-order valence-electron chi connectivity index (χ1n) is 15.8. The third kappa shape index (κ3) is 5.86. The number of aromatic nitrogens is 4. The number of piperidine rings is 1. The molecule has 1 fully saturated rings. The molecule has 0 amide bonds. The van der Waals surface area contributed by atoms with E-state index in [4.69, 9.17) is 19.4 Å². The Balaban J connectivity index is 1.37. The number of hydrogen-bond acceptors (Lipinski definition) is 10. The van der Waals surface area contributed by atoms with Gasteiger partial charge < -0.3 is 19.7 Å². The second kappa shape index (κ2) is 12.6. The number of likely N-dealkylation sites (tertiary alicyclic amines) is 1. The van der Waals surface area contributed by atoms with Crippen LogP contribution in [0.25, 0.3) is 11.0 Å². The number of nitrogens with zero attached hydrogens (tertiary/aromatic N) is 5. The topological polar surface area (TPSA) is 126 Å². The number of sulfone groups is 1. The average Bonchev–Trinajstić information content (AvgIpc) is 3.59. The molecule has 1 saturated heterocycles. The Kier molecular flexibility index (Phi) is 8.73. The quantitative estimate of drug-likeness (QED) is 0.220. The van der Waals surface area contributed by atoms with Crippen LogP contribution < -0.4 is 15.0 Å². The van der Waals surface area contributed by atoms with Crippen LogP contribution in [0.15, 0.2) is 41.3 Å². The van der Waals surface area contributed by atoms with Crippen LogP contribution in [-0.2, 0) is 21.0 Å². The Labute approximate surface area is 265 Å². The predicted molar refractivity (Wildman–Crippen MR) is 177 cm³/mol. The fourth-order valence-electron chi connectivity index (χ4n) is 6.43. The molecule has 4 heterocycles. The Bertz CT molecular complexity index is 1800. The molecule has 2 N–H and O–H groups in total. The summed E-state index contributed by atoms with van der Waals surface area (Å²) in [5.74, 6) is 2.20. The lowest BCUT2D eigenvalue weighted by Crippen LogP contribution is -2.35. The summed E-state index contributed by atoms with van der Waals surface area (Å²) < 4.78 is 38.2. The second-order valence-electron chi connectivity index (χ2n) is 12.2. The van der Waals surface area contributed by atoms with Crippen LogP contribution in [-0.4, -0.2) is 78.3 Å². The fourth-order valence-corrected chi connectivity index (χ4v) is 7.63. The van der Waals surface area contributed by atoms with Crippen molar-refractivity contribution in [3.05, 3.63) is 53.2 Å². The van der Waals surface area contributed by atoms with Gasteiger partial charge in [0, 0.05) is 19.3 Å². The Hall–Kier alpha value is -3.74. The van der Waals surface area contributed by atoms with Crippen molar-refractivity contribution in [1.82, 2.24) is 25.1 Å². The molecule has 45 heavy (non-hydrogen) atoms. The van der Waals surface area contributed by atoms with Gasteiger partial charge in [0.15, 0.2) is 21.7 Å². The number of aromatic amines is 1. The Morgan fingerprint density at radius 3 is 2.62 bits per heavy atom. The first-order chi connectivity index (χ1) is 21.6. The van der Waals surface area contributed by atoms with Gasteiger partial charge in [-0.2, -0.15) is 15.1 Å². The van der Waals surface area contributed by atoms with Crippen molar-refractivity contribution < 1.29 is 17.9 Å². The largest absolute Gasteiger partial charge is 0.468 e. The van der Waals surface area contributed by atoms with Gasteiger partial charge >= 0.3 is 0 Å². The maximum Gasteiger partial charge on any atom is 0.237 e. The third-order valence-electron chi connectivity index (χ3n) is 9.02. The number of ether oxygens (including phenoxy) is 2. The molecule has 0 aliphatic carbocycles. The summed E-state index contributed by atoms with van der Waals surface area (Å²) in [6, 6.07) is 11.3. The first-order valence-corrected chi connectivity index (χ1v) is 17.3. The van der Waals surface area contributed by atoms with Gasteiger partial charge in [-0.25, -0.2) is 8.42 Å². The number of aryl methyl sites for hydroxylation is 2. The summed E-state index contributed by atoms with van der Waals surface area (Å²) in [6.45, 7) is 13.4. The molecule has 2 aromatic carbocycles. The van der Waals surface area contributed by atoms with Crippen molar-refractivity contribution in [3.63, 3.8) is 0 Å². The summed E-state index contributed by atoms with van der Waals surface area (Å²) in [4.78, 5) is 14.6. The molecular formula is C33H43N7O4S. The van der Waals surface area contributed by atoms with Crippen molar-refractivity contribution in [1.29, 1.82) is 0 Å². The van der Waals surface area contributed by atoms with Crippen LogP contribution in [0.5, 0.6) is 5.75 Å². The second-order valence-corrected chi connectivity index (χ2v) is 14.7. The maximum atomic E-state index is 13.2. The van der Waals surface area contributed by atoms with E-state index < -0.39 is 15.1 Å². The van der Waals surface area contributed by atoms with Crippen LogP contribution >= 0.6 is 0 Å². The van der Waals surface area contributed by atoms with Gasteiger partial charge in [-0.3, -0.25) is 10.00 Å². The van der Waals surface area contributed by atoms with Crippen molar-refractivity contribution in [3.8, 4) is 5.75 Å². The molecule has 2 aliphatic rings. The first kappa shape index (κ1) is 31.3. The van der Waals surface area contributed by atoms with Gasteiger partial charge in [0.1, 0.15) is 11.6 Å². The third-order valence-corrected chi connectivity index (χ3v) is 11.2. The van der Waals surface area contributed by atoms with E-state index in [1.54, 1.807) is 39.2 Å². The molecule has 240 valence electrons. The highest BCUT2D eigenvalue weighted by atomic mass is 32.2. The molecule has 2 aliphatic heterocycles. The smallest absolute Gasteiger partial charge is 0.237 e. The van der Waals surface area contributed by atoms with Gasteiger partial charge in [-0.15, -0.1) is 0 Å². The monoisotopic (exact) mass is 633 g/mol. The Morgan fingerprint density at radius 2 is 1.91 bits per heavy atom. The van der Waals surface area contributed by atoms with E-state index in [1.807, 2.05) is 24.8 Å². The molecule has 0 spiro atoms. The molecule has 2 aromatic heterocycles. The van der Waals surface area contributed by atoms with E-state index in [0.717, 1.165) is 61.6 Å². The zero-order valence-electron chi connectivity index (χ0n) is 26.9. The van der Waals surface area contributed by atoms with E-state index in [-0.39, 0.29) is 11.1 Å². The molecule has 12 heteroatoms. The van der Waals surface area contributed by atoms with E-state index in [0.29, 0.717) is 35.4 Å². The number of hydrogen-bond donors (Lipinski definition) is 2. The SMILES string of the molecule is CCc1[nH]nc2nc(N3c4cc(C)c(C5CCN(CCOC)CC5)cc4OC3C)nc(Nc3ccccc3S(=O)(=O)C(C)C)c12. The average molecular weight is 634 g/mol. The molecule has 1 atom stereocenters. The van der Waals surface area contributed by atoms with Crippen molar-refractivity contribution in [2.45, 2.75) is 76.2 Å². The lowest BCUT2D eigenvalue weighted by atomic mass is 9.86. The fraction of sp³-hybridized carbons (Fsp3) is 0.485. The highest BCUT2D eigenvalue weighted by Crippen LogP contribution is 2.46. The highest BCUT2D eigenvalue weighted by molar-refractivity contribution is 7.92. The lowest BCUT2D eigenvalue weighted by molar-refractivity contribution is 0.130. The minimum absolute atomic E-state index is 0.228. The standard InChI is InChI=1S/C33H43N7O4S/c1-7-25-30-31(34-26-10-8-9-11-29(26)45(41,42)20(2)3)35-33(36-32(30)38-37-25)40-22(5)44-28-19-24(21(4)18-27(28)40)23-12-14-39(15-13-23)16-17-43-6/h8-11,18-20,22-23H,7,12-17H2,1-6H3,(H2,34,35,36,37,38). The van der Waals surface area contributed by atoms with Crippen LogP contribution in [0.1, 0.15) is 63.3 Å². The molecule has 0 bridgehead atoms. The zero-order chi connectivity index (χ0) is 31.9. The molecule has 6 rings (SSSR count). The van der Waals surface area contributed by atoms with Gasteiger partial charge in [-0.1, -0.05) is 19.1 Å². The summed E-state index contributed by atoms with van der Waals surface area (Å²) in [7, 11) is -1.80. The minimum atomic E-state index is -3.55. The van der Waals surface area contributed by atoms with Crippen LogP contribution in [0.2, 0.25) is 0 Å². The summed E-state index contributed by atoms with van der Waals surface area (Å²) >= 11 is 0. The summed E-state index contributed by atoms with van der Waals surface area (Å²) in [6.07, 6.45) is 2.53. The van der Waals surface area contributed by atoms with Gasteiger partial charge in [0.2, 0.25) is 5.95 Å². The molecule has 4 aromatic rings. The van der Waals surface area contributed by atoms with Gasteiger partial charge in [0.25, 0.3) is 0 Å². The number of H-pyrrole nitrogens is 1. The zero-order valence-corrected chi connectivity index (χ0v) is 27.7. The number of fused-ring (bicyclic) bond motifs is 2. The minimum Gasteiger partial charge on any atom is -0.468 e. The highest BCUT2D eigenvalue weighted by Gasteiger charge is 2.34. The predicted octanol–water partition coefficient (Wildman–Crippen LogP) is 5.85. The normalized spacial score (nSPS) is 17.7. The molecule has 1 unspecified atom stereocenters. The van der Waals surface area contributed by atoms with Crippen molar-refractivity contribution >= 4 is 44.0 Å². The molecule has 0 radical (unpaired) electrons. The lowest BCUT2D eigenvalue weighted by Gasteiger charge is -2.32. The molecular weight excluding hydrogens is 590 g/mol. The number of benzene rings is 2. The number of anilines is 4. The van der Waals surface area contributed by atoms with Gasteiger partial charge in [0.05, 0.1) is 33.5 Å². The number of nitrogens with one attached hydrogen (secondary N) is 2. The van der Waals surface area contributed by atoms with Crippen LogP contribution in [0.3, 0.4) is 0 Å². The van der Waals surface area contributed by atoms with Crippen molar-refractivity contribution in [2.24, 2.45) is 0 Å². The summed E-state index contributed by atoms with van der Waals surface area (Å²) in [5, 5.41) is 11.1. The Morgan fingerprint density at radius 1 is 1.16 bits per heavy atom. The maximum absolute atomic E-state index is 13.2. The summed E-state index contributed by atoms with van der Waals surface area (Å²) in [5.41, 5.74) is 5.27. The van der Waals surface area contributed by atoms with Crippen molar-refractivity contribution in [2.75, 3.05) is 43.6 Å². The van der Waals surface area contributed by atoms with Crippen LogP contribution in [0, 0.1) is 6.92 Å².